The van der Waals surface area contributed by atoms with Crippen molar-refractivity contribution in [1.82, 2.24) is 0 Å². The Balaban J connectivity index is 4.23. The van der Waals surface area contributed by atoms with Crippen LogP contribution in [0.3, 0.4) is 0 Å². The highest BCUT2D eigenvalue weighted by Crippen LogP contribution is 2.32. The zero-order chi connectivity index (χ0) is 8.58. The summed E-state index contributed by atoms with van der Waals surface area (Å²) in [6.07, 6.45) is 0. The smallest absolute Gasteiger partial charge is 0.0128 e. The third-order valence-electron chi connectivity index (χ3n) is 2.42. The number of rotatable bonds is 1. The third kappa shape index (κ3) is 2.70. The van der Waals surface area contributed by atoms with Crippen molar-refractivity contribution in [2.45, 2.75) is 47.1 Å². The Morgan fingerprint density at radius 1 is 1.00 bits per heavy atom. The molecule has 0 saturated heterocycles. The van der Waals surface area contributed by atoms with E-state index in [0.29, 0.717) is 11.3 Å². The lowest BCUT2D eigenvalue weighted by Crippen LogP contribution is -2.45. The molecule has 0 amide bonds. The van der Waals surface area contributed by atoms with Gasteiger partial charge in [-0.25, -0.2) is 0 Å². The van der Waals surface area contributed by atoms with Crippen molar-refractivity contribution in [3.05, 3.63) is 0 Å². The van der Waals surface area contributed by atoms with Gasteiger partial charge in [0.1, 0.15) is 0 Å². The van der Waals surface area contributed by atoms with Crippen LogP contribution in [-0.4, -0.2) is 5.54 Å². The summed E-state index contributed by atoms with van der Waals surface area (Å²) in [5.74, 6) is 0.542. The number of hydrogen-bond donors (Lipinski definition) is 1. The highest BCUT2D eigenvalue weighted by molar-refractivity contribution is 4.86. The summed E-state index contributed by atoms with van der Waals surface area (Å²) in [6, 6.07) is 0. The van der Waals surface area contributed by atoms with Gasteiger partial charge in [-0.2, -0.15) is 0 Å². The van der Waals surface area contributed by atoms with Gasteiger partial charge in [0.15, 0.2) is 0 Å². The zero-order valence-corrected chi connectivity index (χ0v) is 8.15. The van der Waals surface area contributed by atoms with Crippen LogP contribution in [0, 0.1) is 11.3 Å². The SMILES string of the molecule is CC(C(C)(C)C)C(C)(C)N. The molecule has 1 nitrogen and oxygen atoms in total. The van der Waals surface area contributed by atoms with Gasteiger partial charge in [-0.1, -0.05) is 27.7 Å². The minimum atomic E-state index is -0.0573. The molecule has 0 spiro atoms. The predicted molar refractivity (Wildman–Crippen MR) is 46.9 cm³/mol. The lowest BCUT2D eigenvalue weighted by atomic mass is 9.72. The maximum Gasteiger partial charge on any atom is 0.0128 e. The van der Waals surface area contributed by atoms with Gasteiger partial charge in [-0.15, -0.1) is 0 Å². The molecule has 0 aliphatic heterocycles. The minimum Gasteiger partial charge on any atom is -0.325 e. The van der Waals surface area contributed by atoms with Crippen LogP contribution in [0.15, 0.2) is 0 Å². The fourth-order valence-corrected chi connectivity index (χ4v) is 1.12. The van der Waals surface area contributed by atoms with E-state index in [1.54, 1.807) is 0 Å². The van der Waals surface area contributed by atoms with Crippen LogP contribution in [0.25, 0.3) is 0 Å². The van der Waals surface area contributed by atoms with Crippen molar-refractivity contribution in [1.29, 1.82) is 0 Å². The van der Waals surface area contributed by atoms with Crippen LogP contribution in [-0.2, 0) is 0 Å². The second-order valence-corrected chi connectivity index (χ2v) is 4.91. The van der Waals surface area contributed by atoms with Crippen molar-refractivity contribution >= 4 is 0 Å². The Morgan fingerprint density at radius 3 is 1.30 bits per heavy atom. The van der Waals surface area contributed by atoms with Gasteiger partial charge in [0.25, 0.3) is 0 Å². The van der Waals surface area contributed by atoms with E-state index in [1.807, 2.05) is 0 Å². The Morgan fingerprint density at radius 2 is 1.30 bits per heavy atom. The minimum absolute atomic E-state index is 0.0573. The Bertz CT molecular complexity index is 88.9. The number of hydrogen-bond acceptors (Lipinski definition) is 1. The second kappa shape index (κ2) is 2.54. The fraction of sp³-hybridized carbons (Fsp3) is 1.00. The van der Waals surface area contributed by atoms with Crippen LogP contribution in [0.4, 0.5) is 0 Å². The maximum atomic E-state index is 5.97. The molecule has 0 saturated carbocycles. The van der Waals surface area contributed by atoms with Crippen LogP contribution >= 0.6 is 0 Å². The molecule has 10 heavy (non-hydrogen) atoms. The van der Waals surface area contributed by atoms with Gasteiger partial charge < -0.3 is 5.73 Å². The first-order valence-electron chi connectivity index (χ1n) is 3.94. The van der Waals surface area contributed by atoms with E-state index < -0.39 is 0 Å². The summed E-state index contributed by atoms with van der Waals surface area (Å²) in [5, 5.41) is 0. The van der Waals surface area contributed by atoms with Crippen LogP contribution in [0.1, 0.15) is 41.5 Å². The standard InChI is InChI=1S/C9H21N/c1-7(8(2,3)4)9(5,6)10/h7H,10H2,1-6H3. The molecule has 62 valence electrons. The lowest BCUT2D eigenvalue weighted by Gasteiger charge is -2.37. The van der Waals surface area contributed by atoms with Crippen LogP contribution < -0.4 is 5.73 Å². The molecule has 1 heteroatoms. The highest BCUT2D eigenvalue weighted by Gasteiger charge is 2.30. The third-order valence-corrected chi connectivity index (χ3v) is 2.42. The molecule has 0 aliphatic carbocycles. The first kappa shape index (κ1) is 9.96. The Labute approximate surface area is 65.0 Å². The van der Waals surface area contributed by atoms with Gasteiger partial charge in [-0.05, 0) is 25.2 Å². The van der Waals surface area contributed by atoms with E-state index in [2.05, 4.69) is 41.5 Å². The van der Waals surface area contributed by atoms with Gasteiger partial charge in [0.05, 0.1) is 0 Å². The molecule has 0 aromatic heterocycles. The molecule has 0 heterocycles. The molecule has 0 fully saturated rings. The quantitative estimate of drug-likeness (QED) is 0.599. The summed E-state index contributed by atoms with van der Waals surface area (Å²) < 4.78 is 0. The van der Waals surface area contributed by atoms with Gasteiger partial charge in [-0.3, -0.25) is 0 Å². The molecule has 0 bridgehead atoms. The van der Waals surface area contributed by atoms with E-state index in [4.69, 9.17) is 5.73 Å². The van der Waals surface area contributed by atoms with E-state index in [0.717, 1.165) is 0 Å². The molecule has 0 rings (SSSR count). The highest BCUT2D eigenvalue weighted by atomic mass is 14.7. The monoisotopic (exact) mass is 143 g/mol. The molecule has 0 aromatic carbocycles. The molecule has 0 aliphatic rings. The van der Waals surface area contributed by atoms with Crippen molar-refractivity contribution in [3.63, 3.8) is 0 Å². The van der Waals surface area contributed by atoms with Crippen molar-refractivity contribution < 1.29 is 0 Å². The lowest BCUT2D eigenvalue weighted by molar-refractivity contribution is 0.170. The Kier molecular flexibility index (Phi) is 2.53. The topological polar surface area (TPSA) is 26.0 Å². The van der Waals surface area contributed by atoms with E-state index in [1.165, 1.54) is 0 Å². The molecule has 0 radical (unpaired) electrons. The summed E-state index contributed by atoms with van der Waals surface area (Å²) in [6.45, 7) is 13.1. The Hall–Kier alpha value is -0.0400. The summed E-state index contributed by atoms with van der Waals surface area (Å²) in [7, 11) is 0. The van der Waals surface area contributed by atoms with Crippen molar-refractivity contribution in [2.75, 3.05) is 0 Å². The van der Waals surface area contributed by atoms with E-state index in [9.17, 15) is 0 Å². The fourth-order valence-electron chi connectivity index (χ4n) is 1.12. The number of nitrogens with two attached hydrogens (primary N) is 1. The largest absolute Gasteiger partial charge is 0.325 e. The summed E-state index contributed by atoms with van der Waals surface area (Å²) in [4.78, 5) is 0. The van der Waals surface area contributed by atoms with Crippen molar-refractivity contribution in [3.8, 4) is 0 Å². The van der Waals surface area contributed by atoms with Gasteiger partial charge in [0.2, 0.25) is 0 Å². The average Bonchev–Trinajstić information content (AvgIpc) is 1.59. The van der Waals surface area contributed by atoms with E-state index in [-0.39, 0.29) is 5.54 Å². The second-order valence-electron chi connectivity index (χ2n) is 4.91. The average molecular weight is 143 g/mol. The predicted octanol–water partition coefficient (Wildman–Crippen LogP) is 2.41. The zero-order valence-electron chi connectivity index (χ0n) is 8.15. The first-order chi connectivity index (χ1) is 4.15. The molecular formula is C9H21N. The summed E-state index contributed by atoms with van der Waals surface area (Å²) >= 11 is 0. The maximum absolute atomic E-state index is 5.97. The normalized spacial score (nSPS) is 17.1. The van der Waals surface area contributed by atoms with Gasteiger partial charge >= 0.3 is 0 Å². The van der Waals surface area contributed by atoms with Crippen molar-refractivity contribution in [2.24, 2.45) is 17.1 Å². The van der Waals surface area contributed by atoms with Crippen LogP contribution in [0.2, 0.25) is 0 Å². The molecule has 1 unspecified atom stereocenters. The summed E-state index contributed by atoms with van der Waals surface area (Å²) in [5.41, 5.74) is 6.23. The molecule has 2 N–H and O–H groups in total. The molecule has 1 atom stereocenters. The molecular weight excluding hydrogens is 122 g/mol. The van der Waals surface area contributed by atoms with E-state index >= 15 is 0 Å². The van der Waals surface area contributed by atoms with Crippen LogP contribution in [0.5, 0.6) is 0 Å². The first-order valence-corrected chi connectivity index (χ1v) is 3.94. The van der Waals surface area contributed by atoms with Gasteiger partial charge in [0, 0.05) is 5.54 Å². The molecule has 0 aromatic rings.